The molecule has 0 spiro atoms. The first kappa shape index (κ1) is 14.9. The van der Waals surface area contributed by atoms with Crippen molar-refractivity contribution in [2.45, 2.75) is 59.0 Å². The van der Waals surface area contributed by atoms with Crippen LogP contribution in [-0.4, -0.2) is 12.1 Å². The number of allylic oxidation sites excluding steroid dienone is 4. The first-order valence-corrected chi connectivity index (χ1v) is 6.15. The summed E-state index contributed by atoms with van der Waals surface area (Å²) in [4.78, 5) is 10.9. The number of ether oxygens (including phenoxy) is 1. The second-order valence-electron chi connectivity index (χ2n) is 3.90. The predicted molar refractivity (Wildman–Crippen MR) is 68.3 cm³/mol. The minimum atomic E-state index is -0.168. The standard InChI is InChI=1S/C14H24O2/c1-4-6-8-9-10-12-14(11-7-5-2)16-13(3)15/h4,6,8-9,14H,5,7,10-12H2,1-3H3/b6-4?,9-8-. The van der Waals surface area contributed by atoms with Crippen molar-refractivity contribution in [2.24, 2.45) is 0 Å². The minimum absolute atomic E-state index is 0.0905. The Morgan fingerprint density at radius 2 is 2.06 bits per heavy atom. The molecule has 0 aliphatic heterocycles. The van der Waals surface area contributed by atoms with Gasteiger partial charge in [-0.2, -0.15) is 0 Å². The van der Waals surface area contributed by atoms with Crippen LogP contribution in [0.5, 0.6) is 0 Å². The quantitative estimate of drug-likeness (QED) is 0.460. The van der Waals surface area contributed by atoms with Crippen molar-refractivity contribution in [2.75, 3.05) is 0 Å². The van der Waals surface area contributed by atoms with E-state index in [0.717, 1.165) is 32.1 Å². The molecule has 2 heteroatoms. The van der Waals surface area contributed by atoms with Crippen LogP contribution in [0.25, 0.3) is 0 Å². The van der Waals surface area contributed by atoms with Crippen molar-refractivity contribution < 1.29 is 9.53 Å². The Balaban J connectivity index is 3.85. The van der Waals surface area contributed by atoms with Crippen molar-refractivity contribution in [1.82, 2.24) is 0 Å². The van der Waals surface area contributed by atoms with Crippen molar-refractivity contribution in [3.8, 4) is 0 Å². The van der Waals surface area contributed by atoms with Crippen LogP contribution in [0.1, 0.15) is 52.9 Å². The number of esters is 1. The van der Waals surface area contributed by atoms with Gasteiger partial charge in [0, 0.05) is 6.92 Å². The lowest BCUT2D eigenvalue weighted by molar-refractivity contribution is -0.146. The third-order valence-electron chi connectivity index (χ3n) is 2.31. The van der Waals surface area contributed by atoms with Gasteiger partial charge in [0.2, 0.25) is 0 Å². The zero-order valence-electron chi connectivity index (χ0n) is 10.7. The molecule has 0 saturated carbocycles. The molecular formula is C14H24O2. The van der Waals surface area contributed by atoms with Gasteiger partial charge in [-0.05, 0) is 26.2 Å². The lowest BCUT2D eigenvalue weighted by Crippen LogP contribution is -2.15. The Labute approximate surface area is 99.4 Å². The smallest absolute Gasteiger partial charge is 0.302 e. The lowest BCUT2D eigenvalue weighted by Gasteiger charge is -2.15. The summed E-state index contributed by atoms with van der Waals surface area (Å²) < 4.78 is 5.27. The molecule has 1 unspecified atom stereocenters. The SMILES string of the molecule is CC=C/C=C\CCC(CCCC)OC(C)=O. The molecule has 0 aromatic rings. The first-order valence-electron chi connectivity index (χ1n) is 6.15. The molecule has 1 atom stereocenters. The number of carbonyl (C=O) groups is 1. The normalized spacial score (nSPS) is 13.4. The van der Waals surface area contributed by atoms with E-state index in [1.165, 1.54) is 6.92 Å². The summed E-state index contributed by atoms with van der Waals surface area (Å²) in [6, 6.07) is 0. The topological polar surface area (TPSA) is 26.3 Å². The highest BCUT2D eigenvalue weighted by molar-refractivity contribution is 5.66. The van der Waals surface area contributed by atoms with E-state index in [9.17, 15) is 4.79 Å². The zero-order chi connectivity index (χ0) is 12.2. The molecule has 0 heterocycles. The minimum Gasteiger partial charge on any atom is -0.463 e. The molecule has 0 bridgehead atoms. The highest BCUT2D eigenvalue weighted by Crippen LogP contribution is 2.11. The second kappa shape index (κ2) is 10.5. The van der Waals surface area contributed by atoms with Crippen LogP contribution in [0.2, 0.25) is 0 Å². The van der Waals surface area contributed by atoms with Gasteiger partial charge in [0.1, 0.15) is 6.10 Å². The summed E-state index contributed by atoms with van der Waals surface area (Å²) in [6.07, 6.45) is 13.4. The number of hydrogen-bond acceptors (Lipinski definition) is 2. The van der Waals surface area contributed by atoms with Crippen LogP contribution >= 0.6 is 0 Å². The monoisotopic (exact) mass is 224 g/mol. The highest BCUT2D eigenvalue weighted by atomic mass is 16.5. The molecular weight excluding hydrogens is 200 g/mol. The van der Waals surface area contributed by atoms with Gasteiger partial charge in [-0.3, -0.25) is 4.79 Å². The molecule has 0 rings (SSSR count). The summed E-state index contributed by atoms with van der Waals surface area (Å²) in [5, 5.41) is 0. The third-order valence-corrected chi connectivity index (χ3v) is 2.31. The molecule has 92 valence electrons. The summed E-state index contributed by atoms with van der Waals surface area (Å²) in [5.74, 6) is -0.168. The Hall–Kier alpha value is -1.05. The third kappa shape index (κ3) is 9.50. The average Bonchev–Trinajstić information content (AvgIpc) is 2.24. The van der Waals surface area contributed by atoms with Crippen LogP contribution in [-0.2, 0) is 9.53 Å². The van der Waals surface area contributed by atoms with Gasteiger partial charge in [-0.25, -0.2) is 0 Å². The van der Waals surface area contributed by atoms with Gasteiger partial charge in [-0.1, -0.05) is 44.1 Å². The fourth-order valence-electron chi connectivity index (χ4n) is 1.50. The maximum absolute atomic E-state index is 10.9. The molecule has 0 aliphatic rings. The van der Waals surface area contributed by atoms with E-state index in [-0.39, 0.29) is 12.1 Å². The van der Waals surface area contributed by atoms with Crippen LogP contribution in [0.3, 0.4) is 0 Å². The Bertz CT molecular complexity index is 229. The molecule has 16 heavy (non-hydrogen) atoms. The van der Waals surface area contributed by atoms with E-state index in [2.05, 4.69) is 13.0 Å². The molecule has 0 amide bonds. The number of rotatable bonds is 8. The number of hydrogen-bond donors (Lipinski definition) is 0. The van der Waals surface area contributed by atoms with Crippen LogP contribution in [0, 0.1) is 0 Å². The fourth-order valence-corrected chi connectivity index (χ4v) is 1.50. The van der Waals surface area contributed by atoms with Crippen molar-refractivity contribution in [3.05, 3.63) is 24.3 Å². The number of carbonyl (C=O) groups excluding carboxylic acids is 1. The largest absolute Gasteiger partial charge is 0.463 e. The Morgan fingerprint density at radius 3 is 2.62 bits per heavy atom. The fraction of sp³-hybridized carbons (Fsp3) is 0.643. The predicted octanol–water partition coefficient (Wildman–Crippen LogP) is 4.02. The second-order valence-corrected chi connectivity index (χ2v) is 3.90. The van der Waals surface area contributed by atoms with E-state index < -0.39 is 0 Å². The van der Waals surface area contributed by atoms with E-state index in [1.807, 2.05) is 25.2 Å². The number of unbranched alkanes of at least 4 members (excludes halogenated alkanes) is 1. The van der Waals surface area contributed by atoms with E-state index in [1.54, 1.807) is 0 Å². The molecule has 2 nitrogen and oxygen atoms in total. The van der Waals surface area contributed by atoms with Gasteiger partial charge in [-0.15, -0.1) is 0 Å². The van der Waals surface area contributed by atoms with Crippen molar-refractivity contribution in [3.63, 3.8) is 0 Å². The van der Waals surface area contributed by atoms with Gasteiger partial charge in [0.15, 0.2) is 0 Å². The molecule has 0 saturated heterocycles. The van der Waals surface area contributed by atoms with E-state index >= 15 is 0 Å². The van der Waals surface area contributed by atoms with Gasteiger partial charge in [0.05, 0.1) is 0 Å². The van der Waals surface area contributed by atoms with Crippen LogP contribution in [0.4, 0.5) is 0 Å². The zero-order valence-corrected chi connectivity index (χ0v) is 10.7. The van der Waals surface area contributed by atoms with E-state index in [4.69, 9.17) is 4.74 Å². The Kier molecular flexibility index (Phi) is 9.78. The molecule has 0 aliphatic carbocycles. The van der Waals surface area contributed by atoms with Gasteiger partial charge in [0.25, 0.3) is 0 Å². The molecule has 0 radical (unpaired) electrons. The molecule has 0 N–H and O–H groups in total. The molecule has 0 fully saturated rings. The van der Waals surface area contributed by atoms with Gasteiger partial charge < -0.3 is 4.74 Å². The van der Waals surface area contributed by atoms with E-state index in [0.29, 0.717) is 0 Å². The molecule has 0 aromatic carbocycles. The first-order chi connectivity index (χ1) is 7.70. The maximum Gasteiger partial charge on any atom is 0.302 e. The lowest BCUT2D eigenvalue weighted by atomic mass is 10.1. The average molecular weight is 224 g/mol. The maximum atomic E-state index is 10.9. The van der Waals surface area contributed by atoms with Crippen LogP contribution < -0.4 is 0 Å². The Morgan fingerprint density at radius 1 is 1.31 bits per heavy atom. The molecule has 0 aromatic heterocycles. The van der Waals surface area contributed by atoms with Crippen molar-refractivity contribution in [1.29, 1.82) is 0 Å². The summed E-state index contributed by atoms with van der Waals surface area (Å²) in [7, 11) is 0. The highest BCUT2D eigenvalue weighted by Gasteiger charge is 2.09. The van der Waals surface area contributed by atoms with Gasteiger partial charge >= 0.3 is 5.97 Å². The van der Waals surface area contributed by atoms with Crippen molar-refractivity contribution >= 4 is 5.97 Å². The summed E-state index contributed by atoms with van der Waals surface area (Å²) >= 11 is 0. The summed E-state index contributed by atoms with van der Waals surface area (Å²) in [6.45, 7) is 5.62. The van der Waals surface area contributed by atoms with Crippen LogP contribution in [0.15, 0.2) is 24.3 Å². The summed E-state index contributed by atoms with van der Waals surface area (Å²) in [5.41, 5.74) is 0.